The van der Waals surface area contributed by atoms with Gasteiger partial charge in [-0.1, -0.05) is 35.8 Å². The van der Waals surface area contributed by atoms with Crippen LogP contribution in [0.25, 0.3) is 0 Å². The topological polar surface area (TPSA) is 49.8 Å². The number of hydrogen-bond acceptors (Lipinski definition) is 4. The summed E-state index contributed by atoms with van der Waals surface area (Å²) in [5.41, 5.74) is 2.16. The van der Waals surface area contributed by atoms with Gasteiger partial charge in [-0.15, -0.1) is 0 Å². The molecule has 112 valence electrons. The first-order chi connectivity index (χ1) is 10.0. The van der Waals surface area contributed by atoms with Crippen molar-refractivity contribution in [3.05, 3.63) is 40.5 Å². The summed E-state index contributed by atoms with van der Waals surface area (Å²) in [6, 6.07) is 7.98. The number of rotatable bonds is 6. The van der Waals surface area contributed by atoms with Crippen LogP contribution in [0.15, 0.2) is 34.9 Å². The monoisotopic (exact) mass is 348 g/mol. The molecule has 1 aromatic heterocycles. The van der Waals surface area contributed by atoms with Crippen LogP contribution in [0.4, 0.5) is 17.5 Å². The van der Waals surface area contributed by atoms with Gasteiger partial charge in [-0.25, -0.2) is 4.98 Å². The van der Waals surface area contributed by atoms with E-state index in [0.29, 0.717) is 11.9 Å². The van der Waals surface area contributed by atoms with Crippen molar-refractivity contribution in [2.45, 2.75) is 27.2 Å². The van der Waals surface area contributed by atoms with Crippen molar-refractivity contribution in [2.75, 3.05) is 17.2 Å². The molecule has 2 N–H and O–H groups in total. The number of nitrogens with zero attached hydrogens (tertiary/aromatic N) is 2. The minimum Gasteiger partial charge on any atom is -0.370 e. The number of nitrogens with one attached hydrogen (secondary N) is 2. The maximum absolute atomic E-state index is 4.47. The Morgan fingerprint density at radius 1 is 1.24 bits per heavy atom. The summed E-state index contributed by atoms with van der Waals surface area (Å²) >= 11 is 3.53. The second-order valence-corrected chi connectivity index (χ2v) is 6.32. The highest BCUT2D eigenvalue weighted by Crippen LogP contribution is 2.22. The third-order valence-electron chi connectivity index (χ3n) is 3.11. The zero-order valence-electron chi connectivity index (χ0n) is 12.7. The van der Waals surface area contributed by atoms with Crippen molar-refractivity contribution < 1.29 is 0 Å². The predicted molar refractivity (Wildman–Crippen MR) is 92.1 cm³/mol. The fourth-order valence-electron chi connectivity index (χ4n) is 1.81. The lowest BCUT2D eigenvalue weighted by Crippen LogP contribution is -2.07. The molecule has 0 unspecified atom stereocenters. The molecule has 0 amide bonds. The first kappa shape index (κ1) is 15.8. The van der Waals surface area contributed by atoms with Crippen LogP contribution in [0.5, 0.6) is 0 Å². The molecule has 21 heavy (non-hydrogen) atoms. The summed E-state index contributed by atoms with van der Waals surface area (Å²) in [6.45, 7) is 7.40. The lowest BCUT2D eigenvalue weighted by atomic mass is 10.1. The molecule has 0 aliphatic heterocycles. The Balaban J connectivity index is 2.01. The summed E-state index contributed by atoms with van der Waals surface area (Å²) in [5.74, 6) is 2.13. The number of hydrogen-bond donors (Lipinski definition) is 2. The molecule has 2 aromatic rings. The molecule has 0 atom stereocenters. The number of aryl methyl sites for hydroxylation is 1. The molecule has 0 saturated carbocycles. The maximum Gasteiger partial charge on any atom is 0.229 e. The zero-order chi connectivity index (χ0) is 15.2. The second kappa shape index (κ2) is 7.41. The molecule has 0 aliphatic carbocycles. The second-order valence-electron chi connectivity index (χ2n) is 5.46. The molecule has 2 rings (SSSR count). The van der Waals surface area contributed by atoms with Crippen LogP contribution in [-0.4, -0.2) is 16.5 Å². The highest BCUT2D eigenvalue weighted by molar-refractivity contribution is 9.10. The summed E-state index contributed by atoms with van der Waals surface area (Å²) in [7, 11) is 0. The van der Waals surface area contributed by atoms with Crippen LogP contribution in [0.3, 0.4) is 0 Å². The number of anilines is 3. The Morgan fingerprint density at radius 3 is 2.76 bits per heavy atom. The molecule has 4 nitrogen and oxygen atoms in total. The van der Waals surface area contributed by atoms with E-state index in [4.69, 9.17) is 0 Å². The van der Waals surface area contributed by atoms with Crippen molar-refractivity contribution in [1.29, 1.82) is 0 Å². The molecular weight excluding hydrogens is 328 g/mol. The fraction of sp³-hybridized carbons (Fsp3) is 0.375. The van der Waals surface area contributed by atoms with Crippen LogP contribution in [-0.2, 0) is 0 Å². The Kier molecular flexibility index (Phi) is 5.56. The van der Waals surface area contributed by atoms with Crippen molar-refractivity contribution in [3.8, 4) is 0 Å². The minimum absolute atomic E-state index is 0.598. The first-order valence-corrected chi connectivity index (χ1v) is 7.94. The van der Waals surface area contributed by atoms with Gasteiger partial charge in [0, 0.05) is 22.9 Å². The van der Waals surface area contributed by atoms with Gasteiger partial charge >= 0.3 is 0 Å². The zero-order valence-corrected chi connectivity index (χ0v) is 14.2. The average Bonchev–Trinajstić information content (AvgIpc) is 2.43. The first-order valence-electron chi connectivity index (χ1n) is 7.14. The average molecular weight is 349 g/mol. The molecule has 0 radical (unpaired) electrons. The van der Waals surface area contributed by atoms with E-state index in [0.717, 1.165) is 28.9 Å². The minimum atomic E-state index is 0.598. The summed E-state index contributed by atoms with van der Waals surface area (Å²) in [4.78, 5) is 8.72. The van der Waals surface area contributed by atoms with E-state index in [1.54, 1.807) is 6.20 Å². The SMILES string of the molecule is Cc1ccc(Nc2nccc(NCCC(C)C)n2)cc1Br. The van der Waals surface area contributed by atoms with Gasteiger partial charge in [0.1, 0.15) is 5.82 Å². The standard InChI is InChI=1S/C16H21BrN4/c1-11(2)6-8-18-15-7-9-19-16(21-15)20-13-5-4-12(3)14(17)10-13/h4-5,7,9-11H,6,8H2,1-3H3,(H2,18,19,20,21). The number of aromatic nitrogens is 2. The lowest BCUT2D eigenvalue weighted by Gasteiger charge is -2.10. The van der Waals surface area contributed by atoms with Gasteiger partial charge in [-0.2, -0.15) is 4.98 Å². The van der Waals surface area contributed by atoms with Crippen LogP contribution in [0, 0.1) is 12.8 Å². The normalized spacial score (nSPS) is 10.7. The van der Waals surface area contributed by atoms with E-state index in [1.165, 1.54) is 5.56 Å². The summed E-state index contributed by atoms with van der Waals surface area (Å²) in [6.07, 6.45) is 2.88. The summed E-state index contributed by atoms with van der Waals surface area (Å²) < 4.78 is 1.07. The van der Waals surface area contributed by atoms with E-state index in [-0.39, 0.29) is 0 Å². The van der Waals surface area contributed by atoms with E-state index in [1.807, 2.05) is 18.2 Å². The molecule has 0 aliphatic rings. The van der Waals surface area contributed by atoms with Crippen LogP contribution in [0.2, 0.25) is 0 Å². The van der Waals surface area contributed by atoms with E-state index in [2.05, 4.69) is 63.4 Å². The Labute approximate surface area is 134 Å². The third-order valence-corrected chi connectivity index (χ3v) is 3.97. The molecule has 0 bridgehead atoms. The number of halogens is 1. The van der Waals surface area contributed by atoms with Gasteiger partial charge < -0.3 is 10.6 Å². The van der Waals surface area contributed by atoms with Gasteiger partial charge in [-0.3, -0.25) is 0 Å². The van der Waals surface area contributed by atoms with Gasteiger partial charge in [0.25, 0.3) is 0 Å². The van der Waals surface area contributed by atoms with Crippen molar-refractivity contribution in [3.63, 3.8) is 0 Å². The lowest BCUT2D eigenvalue weighted by molar-refractivity contribution is 0.606. The quantitative estimate of drug-likeness (QED) is 0.790. The molecule has 1 aromatic carbocycles. The molecule has 0 spiro atoms. The molecular formula is C16H21BrN4. The van der Waals surface area contributed by atoms with Crippen molar-refractivity contribution in [2.24, 2.45) is 5.92 Å². The van der Waals surface area contributed by atoms with E-state index < -0.39 is 0 Å². The van der Waals surface area contributed by atoms with Gasteiger partial charge in [-0.05, 0) is 43.0 Å². The fourth-order valence-corrected chi connectivity index (χ4v) is 2.18. The van der Waals surface area contributed by atoms with E-state index >= 15 is 0 Å². The van der Waals surface area contributed by atoms with Crippen LogP contribution >= 0.6 is 15.9 Å². The van der Waals surface area contributed by atoms with Crippen LogP contribution < -0.4 is 10.6 Å². The van der Waals surface area contributed by atoms with Gasteiger partial charge in [0.05, 0.1) is 0 Å². The van der Waals surface area contributed by atoms with Gasteiger partial charge in [0.15, 0.2) is 0 Å². The Bertz CT molecular complexity index is 599. The smallest absolute Gasteiger partial charge is 0.229 e. The maximum atomic E-state index is 4.47. The molecule has 0 saturated heterocycles. The highest BCUT2D eigenvalue weighted by Gasteiger charge is 2.02. The Hall–Kier alpha value is -1.62. The summed E-state index contributed by atoms with van der Waals surface area (Å²) in [5, 5.41) is 6.54. The predicted octanol–water partition coefficient (Wildman–Crippen LogP) is 4.75. The van der Waals surface area contributed by atoms with Crippen molar-refractivity contribution in [1.82, 2.24) is 9.97 Å². The third kappa shape index (κ3) is 5.01. The molecule has 0 fully saturated rings. The molecule has 5 heteroatoms. The largest absolute Gasteiger partial charge is 0.370 e. The highest BCUT2D eigenvalue weighted by atomic mass is 79.9. The van der Waals surface area contributed by atoms with E-state index in [9.17, 15) is 0 Å². The van der Waals surface area contributed by atoms with Crippen LogP contribution in [0.1, 0.15) is 25.8 Å². The number of benzene rings is 1. The Morgan fingerprint density at radius 2 is 2.05 bits per heavy atom. The van der Waals surface area contributed by atoms with Crippen molar-refractivity contribution >= 4 is 33.4 Å². The van der Waals surface area contributed by atoms with Gasteiger partial charge in [0.2, 0.25) is 5.95 Å². The molecule has 1 heterocycles.